The van der Waals surface area contributed by atoms with Crippen LogP contribution in [-0.2, 0) is 0 Å². The Balaban J connectivity index is 2.16. The van der Waals surface area contributed by atoms with Crippen LogP contribution in [0.1, 0.15) is 5.56 Å². The molecule has 0 radical (unpaired) electrons. The van der Waals surface area contributed by atoms with Crippen LogP contribution in [0.2, 0.25) is 0 Å². The van der Waals surface area contributed by atoms with Crippen molar-refractivity contribution in [2.75, 3.05) is 13.6 Å². The van der Waals surface area contributed by atoms with E-state index in [4.69, 9.17) is 0 Å². The second kappa shape index (κ2) is 5.63. The summed E-state index contributed by atoms with van der Waals surface area (Å²) in [7, 11) is 1.66. The fourth-order valence-electron chi connectivity index (χ4n) is 1.61. The van der Waals surface area contributed by atoms with E-state index in [9.17, 15) is 9.50 Å². The summed E-state index contributed by atoms with van der Waals surface area (Å²) in [5, 5.41) is 15.2. The number of hydrogen-bond acceptors (Lipinski definition) is 4. The van der Waals surface area contributed by atoms with Crippen molar-refractivity contribution in [3.63, 3.8) is 0 Å². The molecular weight excluding hydrogens is 233 g/mol. The molecule has 1 heterocycles. The molecule has 0 aromatic heterocycles. The van der Waals surface area contributed by atoms with Gasteiger partial charge in [-0.3, -0.25) is 15.6 Å². The molecule has 1 aromatic rings. The van der Waals surface area contributed by atoms with E-state index in [0.29, 0.717) is 12.4 Å². The third kappa shape index (κ3) is 2.86. The van der Waals surface area contributed by atoms with E-state index in [1.165, 1.54) is 12.1 Å². The summed E-state index contributed by atoms with van der Waals surface area (Å²) in [5.74, 6) is 2.92. The summed E-state index contributed by atoms with van der Waals surface area (Å²) in [6.07, 6.45) is -0.712. The molecule has 4 nitrogen and oxygen atoms in total. The lowest BCUT2D eigenvalue weighted by molar-refractivity contribution is 0.111. The van der Waals surface area contributed by atoms with Gasteiger partial charge in [0.15, 0.2) is 0 Å². The number of amidine groups is 1. The summed E-state index contributed by atoms with van der Waals surface area (Å²) < 4.78 is 12.8. The monoisotopic (exact) mass is 247 g/mol. The van der Waals surface area contributed by atoms with Crippen LogP contribution >= 0.6 is 0 Å². The molecule has 5 heteroatoms. The van der Waals surface area contributed by atoms with Gasteiger partial charge in [0.25, 0.3) is 0 Å². The Morgan fingerprint density at radius 3 is 2.89 bits per heavy atom. The molecule has 0 bridgehead atoms. The highest BCUT2D eigenvalue weighted by molar-refractivity contribution is 6.00. The Hall–Kier alpha value is -1.90. The average Bonchev–Trinajstić information content (AvgIpc) is 2.64. The molecule has 0 fully saturated rings. The van der Waals surface area contributed by atoms with Gasteiger partial charge in [-0.25, -0.2) is 4.39 Å². The number of nitrogens with one attached hydrogen (secondary N) is 2. The van der Waals surface area contributed by atoms with Gasteiger partial charge in [-0.15, -0.1) is 0 Å². The predicted octanol–water partition coefficient (Wildman–Crippen LogP) is 0.290. The first-order chi connectivity index (χ1) is 8.70. The summed E-state index contributed by atoms with van der Waals surface area (Å²) in [5.41, 5.74) is 0.769. The lowest BCUT2D eigenvalue weighted by Crippen LogP contribution is -2.34. The zero-order chi connectivity index (χ0) is 13.0. The molecule has 0 spiro atoms. The molecule has 0 aliphatic carbocycles. The number of rotatable bonds is 3. The first kappa shape index (κ1) is 12.6. The van der Waals surface area contributed by atoms with Gasteiger partial charge in [0, 0.05) is 11.6 Å². The first-order valence-corrected chi connectivity index (χ1v) is 5.63. The van der Waals surface area contributed by atoms with Gasteiger partial charge in [-0.05, 0) is 31.3 Å². The van der Waals surface area contributed by atoms with Gasteiger partial charge < -0.3 is 5.11 Å². The summed E-state index contributed by atoms with van der Waals surface area (Å²) >= 11 is 0. The second-order valence-corrected chi connectivity index (χ2v) is 3.93. The Morgan fingerprint density at radius 1 is 1.50 bits per heavy atom. The summed E-state index contributed by atoms with van der Waals surface area (Å²) in [6.45, 7) is 0.384. The van der Waals surface area contributed by atoms with Crippen molar-refractivity contribution >= 4 is 5.84 Å². The van der Waals surface area contributed by atoms with Crippen LogP contribution in [-0.4, -0.2) is 30.8 Å². The quantitative estimate of drug-likeness (QED) is 0.531. The summed E-state index contributed by atoms with van der Waals surface area (Å²) in [6, 6.07) is 8.77. The fraction of sp³-hybridized carbons (Fsp3) is 0.308. The Morgan fingerprint density at radius 2 is 2.22 bits per heavy atom. The van der Waals surface area contributed by atoms with Crippen molar-refractivity contribution in [1.29, 1.82) is 0 Å². The first-order valence-electron chi connectivity index (χ1n) is 5.63. The zero-order valence-corrected chi connectivity index (χ0v) is 9.94. The maximum Gasteiger partial charge on any atom is 0.140 e. The normalized spacial score (nSPS) is 19.9. The predicted molar refractivity (Wildman–Crippen MR) is 67.3 cm³/mol. The second-order valence-electron chi connectivity index (χ2n) is 3.93. The lowest BCUT2D eigenvalue weighted by Gasteiger charge is -2.14. The molecule has 0 saturated carbocycles. The standard InChI is InChI=1S/C13H14FN3O/c1-15-13(18)10-6-7-16-12(17-8-10)9-2-4-11(14)5-3-9/h2-5,10,13,15,18H,8H2,1H3,(H,16,17). The topological polar surface area (TPSA) is 56.6 Å². The van der Waals surface area contributed by atoms with Gasteiger partial charge in [-0.1, -0.05) is 5.92 Å². The highest BCUT2D eigenvalue weighted by atomic mass is 19.1. The lowest BCUT2D eigenvalue weighted by atomic mass is 10.1. The minimum absolute atomic E-state index is 0.263. The van der Waals surface area contributed by atoms with Crippen LogP contribution in [0, 0.1) is 23.7 Å². The molecule has 1 aliphatic rings. The number of aliphatic imine (C=N–C) groups is 1. The molecule has 0 amide bonds. The van der Waals surface area contributed by atoms with Gasteiger partial charge in [0.2, 0.25) is 0 Å². The minimum atomic E-state index is -0.712. The molecule has 2 rings (SSSR count). The minimum Gasteiger partial charge on any atom is -0.377 e. The third-order valence-electron chi connectivity index (χ3n) is 2.68. The zero-order valence-electron chi connectivity index (χ0n) is 9.94. The molecule has 2 atom stereocenters. The van der Waals surface area contributed by atoms with E-state index in [1.807, 2.05) is 0 Å². The largest absolute Gasteiger partial charge is 0.377 e. The van der Waals surface area contributed by atoms with Crippen molar-refractivity contribution in [3.05, 3.63) is 35.6 Å². The SMILES string of the molecule is CNC(O)C1C#CNC(c2ccc(F)cc2)=NC1. The van der Waals surface area contributed by atoms with E-state index in [2.05, 4.69) is 27.6 Å². The molecule has 18 heavy (non-hydrogen) atoms. The molecule has 0 saturated heterocycles. The molecule has 2 unspecified atom stereocenters. The number of hydrogen-bond donors (Lipinski definition) is 3. The van der Waals surface area contributed by atoms with Crippen molar-refractivity contribution < 1.29 is 9.50 Å². The van der Waals surface area contributed by atoms with Crippen LogP contribution in [0.25, 0.3) is 0 Å². The van der Waals surface area contributed by atoms with Crippen LogP contribution in [0.3, 0.4) is 0 Å². The van der Waals surface area contributed by atoms with Gasteiger partial charge >= 0.3 is 0 Å². The van der Waals surface area contributed by atoms with Crippen molar-refractivity contribution in [3.8, 4) is 12.0 Å². The van der Waals surface area contributed by atoms with Crippen molar-refractivity contribution in [2.24, 2.45) is 10.9 Å². The van der Waals surface area contributed by atoms with Gasteiger partial charge in [-0.2, -0.15) is 0 Å². The van der Waals surface area contributed by atoms with E-state index < -0.39 is 6.23 Å². The number of aliphatic hydroxyl groups is 1. The number of benzene rings is 1. The Labute approximate surface area is 105 Å². The van der Waals surface area contributed by atoms with Crippen LogP contribution < -0.4 is 10.6 Å². The van der Waals surface area contributed by atoms with Crippen LogP contribution in [0.4, 0.5) is 4.39 Å². The van der Waals surface area contributed by atoms with Crippen molar-refractivity contribution in [2.45, 2.75) is 6.23 Å². The third-order valence-corrected chi connectivity index (χ3v) is 2.68. The molecule has 94 valence electrons. The molecule has 1 aliphatic heterocycles. The highest BCUT2D eigenvalue weighted by Gasteiger charge is 2.17. The fourth-order valence-corrected chi connectivity index (χ4v) is 1.61. The maximum atomic E-state index is 12.8. The van der Waals surface area contributed by atoms with Crippen LogP contribution in [0.15, 0.2) is 29.3 Å². The van der Waals surface area contributed by atoms with Crippen LogP contribution in [0.5, 0.6) is 0 Å². The van der Waals surface area contributed by atoms with Gasteiger partial charge in [0.05, 0.1) is 12.5 Å². The van der Waals surface area contributed by atoms with E-state index in [1.54, 1.807) is 19.2 Å². The Kier molecular flexibility index (Phi) is 3.92. The smallest absolute Gasteiger partial charge is 0.140 e. The molecular formula is C13H14FN3O. The number of nitrogens with zero attached hydrogens (tertiary/aromatic N) is 1. The average molecular weight is 247 g/mol. The van der Waals surface area contributed by atoms with Crippen molar-refractivity contribution in [1.82, 2.24) is 10.6 Å². The molecule has 3 N–H and O–H groups in total. The van der Waals surface area contributed by atoms with Gasteiger partial charge in [0.1, 0.15) is 17.9 Å². The summed E-state index contributed by atoms with van der Waals surface area (Å²) in [4.78, 5) is 4.33. The van der Waals surface area contributed by atoms with E-state index >= 15 is 0 Å². The van der Waals surface area contributed by atoms with E-state index in [-0.39, 0.29) is 11.7 Å². The molecule has 1 aromatic carbocycles. The maximum absolute atomic E-state index is 12.8. The number of halogens is 1. The Bertz CT molecular complexity index is 501. The highest BCUT2D eigenvalue weighted by Crippen LogP contribution is 2.07. The van der Waals surface area contributed by atoms with E-state index in [0.717, 1.165) is 5.56 Å². The number of aliphatic hydroxyl groups excluding tert-OH is 1.